The van der Waals surface area contributed by atoms with Crippen molar-refractivity contribution in [2.45, 2.75) is 31.5 Å². The van der Waals surface area contributed by atoms with E-state index in [0.717, 1.165) is 18.4 Å². The Kier molecular flexibility index (Phi) is 5.16. The highest BCUT2D eigenvalue weighted by Crippen LogP contribution is 2.54. The molecule has 1 fully saturated rings. The molecule has 1 amide bonds. The van der Waals surface area contributed by atoms with Crippen LogP contribution in [0.4, 0.5) is 4.39 Å². The molecule has 0 radical (unpaired) electrons. The third-order valence-electron chi connectivity index (χ3n) is 4.84. The monoisotopic (exact) mass is 343 g/mol. The van der Waals surface area contributed by atoms with Gasteiger partial charge in [0.15, 0.2) is 0 Å². The van der Waals surface area contributed by atoms with Crippen LogP contribution >= 0.6 is 0 Å². The van der Waals surface area contributed by atoms with E-state index in [9.17, 15) is 19.4 Å². The molecule has 25 heavy (non-hydrogen) atoms. The van der Waals surface area contributed by atoms with E-state index in [0.29, 0.717) is 12.1 Å². The van der Waals surface area contributed by atoms with Gasteiger partial charge in [-0.25, -0.2) is 4.39 Å². The van der Waals surface area contributed by atoms with E-state index in [1.165, 1.54) is 18.2 Å². The Morgan fingerprint density at radius 2 is 1.76 bits per heavy atom. The van der Waals surface area contributed by atoms with Crippen molar-refractivity contribution in [2.24, 2.45) is 5.41 Å². The fraction of sp³-hybridized carbons (Fsp3) is 0.350. The maximum Gasteiger partial charge on any atom is 0.222 e. The lowest BCUT2D eigenvalue weighted by Crippen LogP contribution is -2.34. The summed E-state index contributed by atoms with van der Waals surface area (Å²) in [6.07, 6.45) is -0.126. The molecule has 3 N–H and O–H groups in total. The van der Waals surface area contributed by atoms with Crippen molar-refractivity contribution in [2.75, 3.05) is 6.54 Å². The Labute approximate surface area is 146 Å². The number of aliphatic hydroxyl groups is 2. The van der Waals surface area contributed by atoms with Crippen molar-refractivity contribution in [3.05, 3.63) is 71.5 Å². The number of hydrogen-bond donors (Lipinski definition) is 3. The molecule has 2 unspecified atom stereocenters. The lowest BCUT2D eigenvalue weighted by molar-refractivity contribution is -0.123. The summed E-state index contributed by atoms with van der Waals surface area (Å²) in [7, 11) is 0. The van der Waals surface area contributed by atoms with E-state index < -0.39 is 18.0 Å². The molecule has 0 aromatic heterocycles. The van der Waals surface area contributed by atoms with Gasteiger partial charge in [-0.3, -0.25) is 4.79 Å². The molecule has 0 bridgehead atoms. The number of carbonyl (C=O) groups is 1. The van der Waals surface area contributed by atoms with Crippen LogP contribution in [0.5, 0.6) is 0 Å². The Morgan fingerprint density at radius 1 is 1.08 bits per heavy atom. The number of hydrogen-bond acceptors (Lipinski definition) is 3. The van der Waals surface area contributed by atoms with Crippen LogP contribution in [-0.2, 0) is 4.79 Å². The Bertz CT molecular complexity index is 731. The van der Waals surface area contributed by atoms with Crippen molar-refractivity contribution < 1.29 is 19.4 Å². The lowest BCUT2D eigenvalue weighted by Gasteiger charge is -2.23. The second-order valence-corrected chi connectivity index (χ2v) is 6.73. The summed E-state index contributed by atoms with van der Waals surface area (Å²) in [6, 6.07) is 15.0. The zero-order chi connectivity index (χ0) is 17.9. The zero-order valence-corrected chi connectivity index (χ0v) is 13.9. The Balaban J connectivity index is 1.54. The molecule has 0 aliphatic heterocycles. The Morgan fingerprint density at radius 3 is 2.40 bits per heavy atom. The number of amides is 1. The first-order chi connectivity index (χ1) is 12.0. The molecule has 1 saturated carbocycles. The van der Waals surface area contributed by atoms with Crippen molar-refractivity contribution in [3.63, 3.8) is 0 Å². The van der Waals surface area contributed by atoms with Crippen LogP contribution in [0.3, 0.4) is 0 Å². The van der Waals surface area contributed by atoms with Crippen molar-refractivity contribution in [1.82, 2.24) is 5.32 Å². The molecule has 132 valence electrons. The average Bonchev–Trinajstić information content (AvgIpc) is 3.41. The average molecular weight is 343 g/mol. The van der Waals surface area contributed by atoms with Crippen LogP contribution in [0.15, 0.2) is 54.6 Å². The third kappa shape index (κ3) is 4.24. The van der Waals surface area contributed by atoms with Gasteiger partial charge in [0.05, 0.1) is 18.6 Å². The summed E-state index contributed by atoms with van der Waals surface area (Å²) < 4.78 is 13.2. The fourth-order valence-corrected chi connectivity index (χ4v) is 3.05. The van der Waals surface area contributed by atoms with Gasteiger partial charge in [-0.05, 0) is 36.1 Å². The smallest absolute Gasteiger partial charge is 0.222 e. The van der Waals surface area contributed by atoms with Gasteiger partial charge in [0.2, 0.25) is 5.91 Å². The van der Waals surface area contributed by atoms with Crippen LogP contribution in [-0.4, -0.2) is 22.7 Å². The van der Waals surface area contributed by atoms with Gasteiger partial charge < -0.3 is 15.5 Å². The second-order valence-electron chi connectivity index (χ2n) is 6.73. The summed E-state index contributed by atoms with van der Waals surface area (Å²) in [5, 5.41) is 23.4. The fourth-order valence-electron chi connectivity index (χ4n) is 3.05. The SMILES string of the molecule is O=C(CC(O)c1cccc(F)c1)NCC1(C(O)c2ccccc2)CC1. The van der Waals surface area contributed by atoms with Crippen LogP contribution in [0.2, 0.25) is 0 Å². The molecule has 2 atom stereocenters. The maximum atomic E-state index is 13.2. The van der Waals surface area contributed by atoms with Gasteiger partial charge in [0, 0.05) is 12.0 Å². The Hall–Kier alpha value is -2.24. The van der Waals surface area contributed by atoms with Gasteiger partial charge in [-0.2, -0.15) is 0 Å². The van der Waals surface area contributed by atoms with E-state index in [-0.39, 0.29) is 17.7 Å². The summed E-state index contributed by atoms with van der Waals surface area (Å²) in [6.45, 7) is 0.359. The summed E-state index contributed by atoms with van der Waals surface area (Å²) in [5.41, 5.74) is 0.885. The predicted molar refractivity (Wildman–Crippen MR) is 92.1 cm³/mol. The molecular weight excluding hydrogens is 321 g/mol. The topological polar surface area (TPSA) is 69.6 Å². The van der Waals surface area contributed by atoms with E-state index in [1.54, 1.807) is 6.07 Å². The predicted octanol–water partition coefficient (Wildman–Crippen LogP) is 2.88. The summed E-state index contributed by atoms with van der Waals surface area (Å²) in [5.74, 6) is -0.761. The van der Waals surface area contributed by atoms with Gasteiger partial charge >= 0.3 is 0 Å². The molecule has 2 aromatic rings. The first-order valence-electron chi connectivity index (χ1n) is 8.43. The lowest BCUT2D eigenvalue weighted by atomic mass is 9.92. The van der Waals surface area contributed by atoms with E-state index in [1.807, 2.05) is 30.3 Å². The molecule has 0 spiro atoms. The van der Waals surface area contributed by atoms with Crippen molar-refractivity contribution >= 4 is 5.91 Å². The quantitative estimate of drug-likeness (QED) is 0.724. The molecule has 2 aromatic carbocycles. The zero-order valence-electron chi connectivity index (χ0n) is 13.9. The largest absolute Gasteiger partial charge is 0.388 e. The van der Waals surface area contributed by atoms with Crippen LogP contribution in [0.1, 0.15) is 42.6 Å². The molecule has 1 aliphatic carbocycles. The van der Waals surface area contributed by atoms with Gasteiger partial charge in [0.25, 0.3) is 0 Å². The van der Waals surface area contributed by atoms with Crippen LogP contribution in [0, 0.1) is 11.2 Å². The van der Waals surface area contributed by atoms with Crippen LogP contribution < -0.4 is 5.32 Å². The molecule has 3 rings (SSSR count). The number of carbonyl (C=O) groups excluding carboxylic acids is 1. The minimum absolute atomic E-state index is 0.138. The van der Waals surface area contributed by atoms with Gasteiger partial charge in [0.1, 0.15) is 5.82 Å². The highest BCUT2D eigenvalue weighted by molar-refractivity contribution is 5.76. The highest BCUT2D eigenvalue weighted by atomic mass is 19.1. The number of rotatable bonds is 7. The molecule has 0 saturated heterocycles. The maximum absolute atomic E-state index is 13.2. The summed E-state index contributed by atoms with van der Waals surface area (Å²) in [4.78, 5) is 12.1. The van der Waals surface area contributed by atoms with Gasteiger partial charge in [-0.15, -0.1) is 0 Å². The number of nitrogens with one attached hydrogen (secondary N) is 1. The van der Waals surface area contributed by atoms with Crippen LogP contribution in [0.25, 0.3) is 0 Å². The van der Waals surface area contributed by atoms with E-state index >= 15 is 0 Å². The highest BCUT2D eigenvalue weighted by Gasteiger charge is 2.49. The number of benzene rings is 2. The second kappa shape index (κ2) is 7.33. The summed E-state index contributed by atoms with van der Waals surface area (Å²) >= 11 is 0. The first-order valence-corrected chi connectivity index (χ1v) is 8.43. The van der Waals surface area contributed by atoms with Crippen molar-refractivity contribution in [3.8, 4) is 0 Å². The minimum Gasteiger partial charge on any atom is -0.388 e. The van der Waals surface area contributed by atoms with Gasteiger partial charge in [-0.1, -0.05) is 42.5 Å². The van der Waals surface area contributed by atoms with E-state index in [4.69, 9.17) is 0 Å². The molecule has 0 heterocycles. The number of aliphatic hydroxyl groups excluding tert-OH is 2. The molecule has 4 nitrogen and oxygen atoms in total. The molecular formula is C20H22FNO3. The third-order valence-corrected chi connectivity index (χ3v) is 4.84. The number of halogens is 1. The van der Waals surface area contributed by atoms with Crippen molar-refractivity contribution in [1.29, 1.82) is 0 Å². The minimum atomic E-state index is -1.05. The first kappa shape index (κ1) is 17.6. The molecule has 5 heteroatoms. The standard InChI is InChI=1S/C20H22FNO3/c21-16-8-4-7-15(11-16)17(23)12-18(24)22-13-20(9-10-20)19(25)14-5-2-1-3-6-14/h1-8,11,17,19,23,25H,9-10,12-13H2,(H,22,24). The van der Waals surface area contributed by atoms with E-state index in [2.05, 4.69) is 5.32 Å². The molecule has 1 aliphatic rings. The normalized spacial score (nSPS) is 17.6.